The van der Waals surface area contributed by atoms with Gasteiger partial charge in [-0.1, -0.05) is 30.1 Å². The number of hydrogen-bond donors (Lipinski definition) is 1. The second-order valence-corrected chi connectivity index (χ2v) is 6.31. The smallest absolute Gasteiger partial charge is 0.139 e. The number of aliphatic hydroxyl groups is 1. The van der Waals surface area contributed by atoms with Crippen LogP contribution in [0.3, 0.4) is 0 Å². The molecule has 1 heterocycles. The predicted molar refractivity (Wildman–Crippen MR) is 85.4 cm³/mol. The number of rotatable bonds is 5. The number of thiophene rings is 1. The number of aliphatic hydroxyl groups excluding tert-OH is 1. The summed E-state index contributed by atoms with van der Waals surface area (Å²) in [6.45, 7) is 4.48. The van der Waals surface area contributed by atoms with E-state index in [1.54, 1.807) is 23.5 Å². The molecule has 0 saturated carbocycles. The van der Waals surface area contributed by atoms with E-state index in [0.717, 1.165) is 11.3 Å². The number of ether oxygens (including phenoxy) is 1. The Morgan fingerprint density at radius 2 is 1.95 bits per heavy atom. The molecule has 0 aliphatic heterocycles. The number of halogens is 2. The lowest BCUT2D eigenvalue weighted by Gasteiger charge is -2.14. The van der Waals surface area contributed by atoms with Crippen molar-refractivity contribution in [2.24, 2.45) is 0 Å². The quantitative estimate of drug-likeness (QED) is 0.826. The normalized spacial score (nSPS) is 12.4. The summed E-state index contributed by atoms with van der Waals surface area (Å²) in [4.78, 5) is 2.09. The molecule has 0 spiro atoms. The molecule has 108 valence electrons. The van der Waals surface area contributed by atoms with Crippen molar-refractivity contribution in [2.75, 3.05) is 6.61 Å². The van der Waals surface area contributed by atoms with Crippen LogP contribution in [0.4, 0.5) is 0 Å². The minimum absolute atomic E-state index is 0.455. The summed E-state index contributed by atoms with van der Waals surface area (Å²) in [5.41, 5.74) is 0.602. The minimum Gasteiger partial charge on any atom is -0.492 e. The molecule has 5 heteroatoms. The summed E-state index contributed by atoms with van der Waals surface area (Å²) >= 11 is 14.0. The summed E-state index contributed by atoms with van der Waals surface area (Å²) < 4.78 is 5.38. The van der Waals surface area contributed by atoms with Gasteiger partial charge in [-0.15, -0.1) is 11.3 Å². The fraction of sp³-hybridized carbons (Fsp3) is 0.333. The van der Waals surface area contributed by atoms with Crippen LogP contribution in [-0.4, -0.2) is 11.7 Å². The molecule has 0 amide bonds. The van der Waals surface area contributed by atoms with E-state index in [4.69, 9.17) is 27.9 Å². The molecule has 0 aliphatic rings. The van der Waals surface area contributed by atoms with Gasteiger partial charge in [0.25, 0.3) is 0 Å². The van der Waals surface area contributed by atoms with Crippen LogP contribution >= 0.6 is 34.5 Å². The molecule has 1 unspecified atom stereocenters. The van der Waals surface area contributed by atoms with E-state index in [9.17, 15) is 5.11 Å². The van der Waals surface area contributed by atoms with Gasteiger partial charge in [-0.05, 0) is 31.5 Å². The van der Waals surface area contributed by atoms with Crippen LogP contribution in [0.2, 0.25) is 10.0 Å². The van der Waals surface area contributed by atoms with Gasteiger partial charge in [0.15, 0.2) is 0 Å². The topological polar surface area (TPSA) is 29.5 Å². The monoisotopic (exact) mass is 330 g/mol. The molecule has 1 N–H and O–H groups in total. The summed E-state index contributed by atoms with van der Waals surface area (Å²) in [5, 5.41) is 11.4. The van der Waals surface area contributed by atoms with Crippen molar-refractivity contribution in [3.05, 3.63) is 49.6 Å². The Morgan fingerprint density at radius 1 is 1.20 bits per heavy atom. The van der Waals surface area contributed by atoms with Crippen molar-refractivity contribution < 1.29 is 9.84 Å². The molecular weight excluding hydrogens is 315 g/mol. The molecule has 2 nitrogen and oxygen atoms in total. The van der Waals surface area contributed by atoms with Gasteiger partial charge in [-0.25, -0.2) is 0 Å². The van der Waals surface area contributed by atoms with E-state index in [2.05, 4.69) is 6.92 Å². The number of aryl methyl sites for hydroxylation is 1. The van der Waals surface area contributed by atoms with Crippen LogP contribution < -0.4 is 4.74 Å². The summed E-state index contributed by atoms with van der Waals surface area (Å²) in [7, 11) is 0. The predicted octanol–water partition coefficient (Wildman–Crippen LogP) is 5.10. The van der Waals surface area contributed by atoms with Gasteiger partial charge in [-0.2, -0.15) is 0 Å². The van der Waals surface area contributed by atoms with Crippen LogP contribution in [0.5, 0.6) is 5.75 Å². The molecule has 20 heavy (non-hydrogen) atoms. The maximum atomic E-state index is 10.5. The molecule has 0 aliphatic carbocycles. The maximum absolute atomic E-state index is 10.5. The first-order valence-electron chi connectivity index (χ1n) is 6.45. The van der Waals surface area contributed by atoms with Crippen molar-refractivity contribution in [3.63, 3.8) is 0 Å². The van der Waals surface area contributed by atoms with Crippen LogP contribution in [0.15, 0.2) is 24.3 Å². The van der Waals surface area contributed by atoms with Gasteiger partial charge < -0.3 is 9.84 Å². The van der Waals surface area contributed by atoms with E-state index in [1.165, 1.54) is 4.88 Å². The first-order chi connectivity index (χ1) is 9.56. The fourth-order valence-corrected chi connectivity index (χ4v) is 3.35. The fourth-order valence-electron chi connectivity index (χ4n) is 1.90. The molecule has 2 aromatic rings. The van der Waals surface area contributed by atoms with Crippen molar-refractivity contribution in [1.82, 2.24) is 0 Å². The minimum atomic E-state index is -0.763. The molecular formula is C15H16Cl2O2S. The standard InChI is InChI=1S/C15H16Cl2O2S/c1-3-9-5-6-14(20-9)15(18)10-7-12(17)13(19-4-2)8-11(10)16/h5-8,15,18H,3-4H2,1-2H3. The molecule has 1 aromatic carbocycles. The van der Waals surface area contributed by atoms with Gasteiger partial charge in [-0.3, -0.25) is 0 Å². The lowest BCUT2D eigenvalue weighted by molar-refractivity contribution is 0.224. The van der Waals surface area contributed by atoms with E-state index in [0.29, 0.717) is 28.0 Å². The van der Waals surface area contributed by atoms with Gasteiger partial charge in [0, 0.05) is 21.4 Å². The van der Waals surface area contributed by atoms with Gasteiger partial charge in [0.05, 0.1) is 16.7 Å². The summed E-state index contributed by atoms with van der Waals surface area (Å²) in [5.74, 6) is 0.538. The number of hydrogen-bond acceptors (Lipinski definition) is 3. The molecule has 0 fully saturated rings. The van der Waals surface area contributed by atoms with Gasteiger partial charge >= 0.3 is 0 Å². The second-order valence-electron chi connectivity index (χ2n) is 4.30. The molecule has 2 rings (SSSR count). The van der Waals surface area contributed by atoms with Crippen molar-refractivity contribution in [2.45, 2.75) is 26.4 Å². The number of benzene rings is 1. The lowest BCUT2D eigenvalue weighted by Crippen LogP contribution is -2.00. The van der Waals surface area contributed by atoms with Gasteiger partial charge in [0.1, 0.15) is 11.9 Å². The first kappa shape index (κ1) is 15.6. The Kier molecular flexibility index (Phi) is 5.33. The average molecular weight is 331 g/mol. The zero-order valence-electron chi connectivity index (χ0n) is 11.3. The summed E-state index contributed by atoms with van der Waals surface area (Å²) in [6, 6.07) is 7.27. The van der Waals surface area contributed by atoms with E-state index in [-0.39, 0.29) is 0 Å². The van der Waals surface area contributed by atoms with Crippen LogP contribution in [-0.2, 0) is 6.42 Å². The highest BCUT2D eigenvalue weighted by Gasteiger charge is 2.18. The second kappa shape index (κ2) is 6.81. The van der Waals surface area contributed by atoms with E-state index < -0.39 is 6.10 Å². The third-order valence-electron chi connectivity index (χ3n) is 2.95. The first-order valence-corrected chi connectivity index (χ1v) is 8.02. The van der Waals surface area contributed by atoms with E-state index >= 15 is 0 Å². The highest BCUT2D eigenvalue weighted by molar-refractivity contribution is 7.12. The third kappa shape index (κ3) is 3.29. The largest absolute Gasteiger partial charge is 0.492 e. The molecule has 0 saturated heterocycles. The van der Waals surface area contributed by atoms with Gasteiger partial charge in [0.2, 0.25) is 0 Å². The lowest BCUT2D eigenvalue weighted by atomic mass is 10.1. The zero-order chi connectivity index (χ0) is 14.7. The maximum Gasteiger partial charge on any atom is 0.139 e. The Balaban J connectivity index is 2.34. The molecule has 1 aromatic heterocycles. The highest BCUT2D eigenvalue weighted by atomic mass is 35.5. The van der Waals surface area contributed by atoms with Crippen molar-refractivity contribution >= 4 is 34.5 Å². The molecule has 0 radical (unpaired) electrons. The SMILES string of the molecule is CCOc1cc(Cl)c(C(O)c2ccc(CC)s2)cc1Cl. The highest BCUT2D eigenvalue weighted by Crippen LogP contribution is 2.38. The Labute approximate surface area is 132 Å². The van der Waals surface area contributed by atoms with Crippen LogP contribution in [0.1, 0.15) is 35.3 Å². The van der Waals surface area contributed by atoms with Crippen molar-refractivity contribution in [3.8, 4) is 5.75 Å². The van der Waals surface area contributed by atoms with Crippen molar-refractivity contribution in [1.29, 1.82) is 0 Å². The van der Waals surface area contributed by atoms with E-state index in [1.807, 2.05) is 19.1 Å². The Morgan fingerprint density at radius 3 is 2.55 bits per heavy atom. The summed E-state index contributed by atoms with van der Waals surface area (Å²) in [6.07, 6.45) is 0.191. The Bertz CT molecular complexity index is 596. The van der Waals surface area contributed by atoms with Crippen LogP contribution in [0, 0.1) is 0 Å². The molecule has 0 bridgehead atoms. The molecule has 1 atom stereocenters. The average Bonchev–Trinajstić information content (AvgIpc) is 2.91. The third-order valence-corrected chi connectivity index (χ3v) is 4.85. The Hall–Kier alpha value is -0.740. The zero-order valence-corrected chi connectivity index (χ0v) is 13.6. The van der Waals surface area contributed by atoms with Crippen LogP contribution in [0.25, 0.3) is 0 Å².